The molecule has 3 heterocycles. The number of rotatable bonds is 5. The second-order valence-electron chi connectivity index (χ2n) is 5.84. The zero-order valence-electron chi connectivity index (χ0n) is 14.2. The molecular formula is C15H19FN4O4S. The molecule has 3 rings (SSSR count). The average molecular weight is 370 g/mol. The van der Waals surface area contributed by atoms with Crippen molar-refractivity contribution in [2.75, 3.05) is 13.1 Å². The van der Waals surface area contributed by atoms with Gasteiger partial charge >= 0.3 is 0 Å². The first kappa shape index (κ1) is 17.7. The summed E-state index contributed by atoms with van der Waals surface area (Å²) in [6, 6.07) is 0. The van der Waals surface area contributed by atoms with Crippen LogP contribution in [0.3, 0.4) is 0 Å². The normalized spacial score (nSPS) is 18.6. The predicted molar refractivity (Wildman–Crippen MR) is 85.1 cm³/mol. The molecule has 10 heteroatoms. The molecule has 1 unspecified atom stereocenters. The summed E-state index contributed by atoms with van der Waals surface area (Å²) in [6.45, 7) is 5.29. The fraction of sp³-hybridized carbons (Fsp3) is 0.533. The molecule has 0 bridgehead atoms. The first-order chi connectivity index (χ1) is 11.8. The van der Waals surface area contributed by atoms with Crippen molar-refractivity contribution in [1.82, 2.24) is 19.4 Å². The van der Waals surface area contributed by atoms with E-state index in [1.165, 1.54) is 10.6 Å². The first-order valence-electron chi connectivity index (χ1n) is 7.93. The van der Waals surface area contributed by atoms with E-state index in [9.17, 15) is 12.8 Å². The summed E-state index contributed by atoms with van der Waals surface area (Å²) in [5.41, 5.74) is 0.583. The monoisotopic (exact) mass is 370 g/mol. The highest BCUT2D eigenvalue weighted by molar-refractivity contribution is 7.89. The Bertz CT molecular complexity index is 864. The van der Waals surface area contributed by atoms with Crippen LogP contribution in [0.4, 0.5) is 4.39 Å². The van der Waals surface area contributed by atoms with Gasteiger partial charge in [0.1, 0.15) is 23.0 Å². The minimum absolute atomic E-state index is 0.0784. The Balaban J connectivity index is 1.76. The van der Waals surface area contributed by atoms with E-state index in [1.807, 2.05) is 0 Å². The average Bonchev–Trinajstić information content (AvgIpc) is 3.17. The van der Waals surface area contributed by atoms with Gasteiger partial charge in [0, 0.05) is 6.54 Å². The van der Waals surface area contributed by atoms with E-state index in [2.05, 4.69) is 15.1 Å². The van der Waals surface area contributed by atoms with Crippen molar-refractivity contribution in [3.05, 3.63) is 29.3 Å². The van der Waals surface area contributed by atoms with Gasteiger partial charge in [0.05, 0.1) is 12.2 Å². The Morgan fingerprint density at radius 1 is 1.40 bits per heavy atom. The number of hydrogen-bond donors (Lipinski definition) is 0. The highest BCUT2D eigenvalue weighted by atomic mass is 32.2. The zero-order valence-corrected chi connectivity index (χ0v) is 15.0. The number of aryl methyl sites for hydroxylation is 3. The Labute approximate surface area is 145 Å². The van der Waals surface area contributed by atoms with Gasteiger partial charge in [-0.3, -0.25) is 0 Å². The number of aromatic nitrogens is 3. The molecule has 1 aliphatic rings. The van der Waals surface area contributed by atoms with E-state index >= 15 is 0 Å². The molecule has 25 heavy (non-hydrogen) atoms. The predicted octanol–water partition coefficient (Wildman–Crippen LogP) is 1.62. The molecule has 1 fully saturated rings. The van der Waals surface area contributed by atoms with Crippen LogP contribution in [0.5, 0.6) is 5.88 Å². The van der Waals surface area contributed by atoms with Crippen molar-refractivity contribution in [3.63, 3.8) is 0 Å². The molecule has 0 aromatic carbocycles. The molecule has 1 atom stereocenters. The molecule has 1 aliphatic heterocycles. The summed E-state index contributed by atoms with van der Waals surface area (Å²) >= 11 is 0. The largest absolute Gasteiger partial charge is 0.471 e. The lowest BCUT2D eigenvalue weighted by Gasteiger charge is -2.17. The van der Waals surface area contributed by atoms with Gasteiger partial charge < -0.3 is 9.26 Å². The van der Waals surface area contributed by atoms with Gasteiger partial charge in [0.15, 0.2) is 5.76 Å². The number of ether oxygens (including phenoxy) is 1. The Morgan fingerprint density at radius 3 is 2.80 bits per heavy atom. The highest BCUT2D eigenvalue weighted by Gasteiger charge is 2.37. The van der Waals surface area contributed by atoms with E-state index < -0.39 is 21.9 Å². The van der Waals surface area contributed by atoms with Crippen LogP contribution in [0.2, 0.25) is 0 Å². The third-order valence-corrected chi connectivity index (χ3v) is 6.23. The van der Waals surface area contributed by atoms with Gasteiger partial charge in [0.2, 0.25) is 15.8 Å². The summed E-state index contributed by atoms with van der Waals surface area (Å²) < 4.78 is 51.6. The smallest absolute Gasteiger partial charge is 0.254 e. The maximum absolute atomic E-state index is 14.2. The molecule has 0 aliphatic carbocycles. The fourth-order valence-corrected chi connectivity index (χ4v) is 4.64. The van der Waals surface area contributed by atoms with Crippen LogP contribution in [0.25, 0.3) is 0 Å². The van der Waals surface area contributed by atoms with Crippen molar-refractivity contribution in [2.24, 2.45) is 0 Å². The third-order valence-electron chi connectivity index (χ3n) is 4.12. The lowest BCUT2D eigenvalue weighted by molar-refractivity contribution is 0.195. The molecule has 0 spiro atoms. The van der Waals surface area contributed by atoms with E-state index in [0.29, 0.717) is 18.5 Å². The van der Waals surface area contributed by atoms with Gasteiger partial charge in [-0.25, -0.2) is 13.4 Å². The number of hydrogen-bond acceptors (Lipinski definition) is 7. The third kappa shape index (κ3) is 3.23. The van der Waals surface area contributed by atoms with Crippen LogP contribution >= 0.6 is 0 Å². The summed E-state index contributed by atoms with van der Waals surface area (Å²) in [4.78, 5) is 7.74. The zero-order chi connectivity index (χ0) is 18.2. The van der Waals surface area contributed by atoms with Gasteiger partial charge in [0.25, 0.3) is 5.88 Å². The van der Waals surface area contributed by atoms with Gasteiger partial charge in [-0.2, -0.15) is 13.7 Å². The molecule has 2 aromatic heterocycles. The molecule has 0 radical (unpaired) electrons. The van der Waals surface area contributed by atoms with Crippen LogP contribution in [0.1, 0.15) is 30.5 Å². The molecule has 0 N–H and O–H groups in total. The van der Waals surface area contributed by atoms with Crippen molar-refractivity contribution in [2.45, 2.75) is 44.6 Å². The van der Waals surface area contributed by atoms with Gasteiger partial charge in [-0.15, -0.1) is 0 Å². The molecular weight excluding hydrogens is 351 g/mol. The minimum Gasteiger partial charge on any atom is -0.471 e. The SMILES string of the molecule is CCc1ncnc(OC2CCN(S(=O)(=O)c3c(C)noc3C)C2)c1F. The summed E-state index contributed by atoms with van der Waals surface area (Å²) in [5, 5.41) is 3.69. The van der Waals surface area contributed by atoms with Crippen molar-refractivity contribution >= 4 is 10.0 Å². The van der Waals surface area contributed by atoms with Crippen molar-refractivity contribution in [1.29, 1.82) is 0 Å². The lowest BCUT2D eigenvalue weighted by atomic mass is 10.3. The highest BCUT2D eigenvalue weighted by Crippen LogP contribution is 2.28. The Hall–Kier alpha value is -2.07. The molecule has 1 saturated heterocycles. The quantitative estimate of drug-likeness (QED) is 0.789. The van der Waals surface area contributed by atoms with Crippen LogP contribution in [-0.2, 0) is 16.4 Å². The summed E-state index contributed by atoms with van der Waals surface area (Å²) in [5.74, 6) is -0.498. The molecule has 136 valence electrons. The minimum atomic E-state index is -3.73. The molecule has 2 aromatic rings. The topological polar surface area (TPSA) is 98.4 Å². The lowest BCUT2D eigenvalue weighted by Crippen LogP contribution is -2.31. The molecule has 0 saturated carbocycles. The van der Waals surface area contributed by atoms with Crippen molar-refractivity contribution in [3.8, 4) is 5.88 Å². The first-order valence-corrected chi connectivity index (χ1v) is 9.37. The van der Waals surface area contributed by atoms with Crippen molar-refractivity contribution < 1.29 is 22.1 Å². The Kier molecular flexibility index (Phi) is 4.74. The van der Waals surface area contributed by atoms with E-state index in [1.54, 1.807) is 20.8 Å². The van der Waals surface area contributed by atoms with E-state index in [0.717, 1.165) is 0 Å². The molecule has 8 nitrogen and oxygen atoms in total. The molecule has 0 amide bonds. The summed E-state index contributed by atoms with van der Waals surface area (Å²) in [6.07, 6.45) is 1.62. The van der Waals surface area contributed by atoms with E-state index in [-0.39, 0.29) is 35.3 Å². The maximum Gasteiger partial charge on any atom is 0.254 e. The van der Waals surface area contributed by atoms with Gasteiger partial charge in [-0.05, 0) is 26.7 Å². The number of nitrogens with zero attached hydrogens (tertiary/aromatic N) is 4. The van der Waals surface area contributed by atoms with Crippen LogP contribution < -0.4 is 4.74 Å². The van der Waals surface area contributed by atoms with Crippen LogP contribution in [-0.4, -0.2) is 47.0 Å². The standard InChI is InChI=1S/C15H19FN4O4S/c1-4-12-13(16)15(18-8-17-12)23-11-5-6-20(7-11)25(21,22)14-9(2)19-24-10(14)3/h8,11H,4-7H2,1-3H3. The summed E-state index contributed by atoms with van der Waals surface area (Å²) in [7, 11) is -3.73. The van der Waals surface area contributed by atoms with Gasteiger partial charge in [-0.1, -0.05) is 12.1 Å². The van der Waals surface area contributed by atoms with E-state index in [4.69, 9.17) is 9.26 Å². The second kappa shape index (κ2) is 6.68. The second-order valence-corrected chi connectivity index (χ2v) is 7.71. The fourth-order valence-electron chi connectivity index (χ4n) is 2.86. The number of halogens is 1. The Morgan fingerprint density at radius 2 is 2.16 bits per heavy atom. The maximum atomic E-state index is 14.2. The van der Waals surface area contributed by atoms with Crippen LogP contribution in [0.15, 0.2) is 15.7 Å². The van der Waals surface area contributed by atoms with Crippen LogP contribution in [0, 0.1) is 19.7 Å². The number of sulfonamides is 1.